The molecule has 0 aliphatic heterocycles. The molecule has 0 aromatic carbocycles. The molecule has 2 aromatic rings. The van der Waals surface area contributed by atoms with E-state index in [1.807, 2.05) is 41.5 Å². The zero-order valence-corrected chi connectivity index (χ0v) is 41.5. The molecule has 8 nitrogen and oxygen atoms in total. The Morgan fingerprint density at radius 2 is 1.12 bits per heavy atom. The van der Waals surface area contributed by atoms with Crippen molar-refractivity contribution in [3.05, 3.63) is 91.7 Å². The number of ether oxygens (including phenoxy) is 2. The number of carbonyl (C=O) groups excluding carboxylic acids is 2. The van der Waals surface area contributed by atoms with Crippen molar-refractivity contribution in [1.82, 2.24) is 9.13 Å². The van der Waals surface area contributed by atoms with Gasteiger partial charge in [0, 0.05) is 29.0 Å². The molecule has 2 unspecified atom stereocenters. The molecule has 56 heavy (non-hydrogen) atoms. The average molecular weight is 953 g/mol. The van der Waals surface area contributed by atoms with Crippen molar-refractivity contribution in [2.24, 2.45) is 11.8 Å². The van der Waals surface area contributed by atoms with Crippen molar-refractivity contribution >= 4 is 46.2 Å². The van der Waals surface area contributed by atoms with E-state index < -0.39 is 30.5 Å². The van der Waals surface area contributed by atoms with Gasteiger partial charge in [-0.1, -0.05) is 33.8 Å². The average Bonchev–Trinajstić information content (AvgIpc) is 3.13. The predicted octanol–water partition coefficient (Wildman–Crippen LogP) is 12.1. The van der Waals surface area contributed by atoms with Crippen LogP contribution in [0.5, 0.6) is 0 Å². The zero-order valence-electron chi connectivity index (χ0n) is 37.0. The summed E-state index contributed by atoms with van der Waals surface area (Å²) in [4.78, 5) is 48.5. The second kappa shape index (κ2) is 29.8. The van der Waals surface area contributed by atoms with Gasteiger partial charge in [0.05, 0.1) is 13.2 Å². The number of esters is 2. The SMILES string of the molecule is C=CCc1cn(C(CC(C)C)C(=O)OCC)c(=O)cc1C.C=C[CH2][Sn]([CH2]CCC)([CH2]CCC)[CH2]CCC.CCOC(=O)C(CC(C)C)n1cc(Br)c(C)cc1=O. The number of pyridine rings is 2. The van der Waals surface area contributed by atoms with Crippen LogP contribution in [0.2, 0.25) is 17.7 Å². The molecule has 2 atom stereocenters. The Morgan fingerprint density at radius 1 is 0.714 bits per heavy atom. The van der Waals surface area contributed by atoms with Crippen LogP contribution >= 0.6 is 15.9 Å². The maximum Gasteiger partial charge on any atom is 0.329 e. The number of hydrogen-bond acceptors (Lipinski definition) is 6. The quantitative estimate of drug-likeness (QED) is 0.0625. The van der Waals surface area contributed by atoms with E-state index in [9.17, 15) is 19.2 Å². The van der Waals surface area contributed by atoms with Crippen molar-refractivity contribution in [3.8, 4) is 0 Å². The molecule has 0 saturated carbocycles. The Balaban J connectivity index is 0.000000819. The number of aryl methyl sites for hydroxylation is 2. The van der Waals surface area contributed by atoms with Gasteiger partial charge >= 0.3 is 120 Å². The van der Waals surface area contributed by atoms with Crippen molar-refractivity contribution < 1.29 is 19.1 Å². The predicted molar refractivity (Wildman–Crippen MR) is 243 cm³/mol. The number of allylic oxidation sites excluding steroid dienone is 2. The van der Waals surface area contributed by atoms with Crippen molar-refractivity contribution in [1.29, 1.82) is 0 Å². The van der Waals surface area contributed by atoms with Gasteiger partial charge in [-0.3, -0.25) is 9.59 Å². The Kier molecular flexibility index (Phi) is 28.5. The van der Waals surface area contributed by atoms with Gasteiger partial charge in [0.15, 0.2) is 0 Å². The van der Waals surface area contributed by atoms with Crippen LogP contribution in [0.3, 0.4) is 0 Å². The minimum atomic E-state index is -1.78. The van der Waals surface area contributed by atoms with Crippen LogP contribution in [-0.4, -0.2) is 52.7 Å². The fourth-order valence-corrected chi connectivity index (χ4v) is 22.2. The second-order valence-electron chi connectivity index (χ2n) is 15.9. The molecular weight excluding hydrogens is 875 g/mol. The van der Waals surface area contributed by atoms with E-state index in [1.165, 1.54) is 58.2 Å². The van der Waals surface area contributed by atoms with E-state index in [1.54, 1.807) is 51.7 Å². The molecular formula is C46H77BrN2O6Sn. The number of nitrogens with zero attached hydrogens (tertiary/aromatic N) is 2. The summed E-state index contributed by atoms with van der Waals surface area (Å²) in [6.07, 6.45) is 17.9. The number of aromatic nitrogens is 2. The standard InChI is InChI=1S/C17H25NO3.C14H20BrNO3.3C4H9.C3H5.Sn/c1-6-8-14-11-18(16(19)10-13(14)5)15(9-12(3)4)17(20)21-7-2;1-5-19-14(18)12(6-9(2)3)16-8-11(15)10(4)7-13(16)17;3*1-3-4-2;1-3-2;/h6,10-12,15H,1,7-9H2,2-5H3;7-9,12H,5-6H2,1-4H3;3*1,3-4H2,2H3;3H,1-2H2;. The van der Waals surface area contributed by atoms with Crippen LogP contribution in [0.4, 0.5) is 0 Å². The van der Waals surface area contributed by atoms with E-state index in [0.29, 0.717) is 38.4 Å². The summed E-state index contributed by atoms with van der Waals surface area (Å²) in [6, 6.07) is 1.97. The van der Waals surface area contributed by atoms with E-state index in [0.717, 1.165) is 21.2 Å². The second-order valence-corrected chi connectivity index (χ2v) is 30.7. The normalized spacial score (nSPS) is 12.2. The topological polar surface area (TPSA) is 96.6 Å². The van der Waals surface area contributed by atoms with E-state index in [-0.39, 0.29) is 29.0 Å². The number of halogens is 1. The molecule has 10 heteroatoms. The maximum atomic E-state index is 12.3. The maximum absolute atomic E-state index is 12.3. The number of rotatable bonds is 23. The van der Waals surface area contributed by atoms with Crippen LogP contribution in [0, 0.1) is 25.7 Å². The monoisotopic (exact) mass is 952 g/mol. The molecule has 0 spiro atoms. The summed E-state index contributed by atoms with van der Waals surface area (Å²) in [5, 5.41) is 0. The van der Waals surface area contributed by atoms with Gasteiger partial charge < -0.3 is 18.6 Å². The van der Waals surface area contributed by atoms with Crippen LogP contribution in [0.25, 0.3) is 0 Å². The summed E-state index contributed by atoms with van der Waals surface area (Å²) in [7, 11) is 0. The van der Waals surface area contributed by atoms with E-state index >= 15 is 0 Å². The van der Waals surface area contributed by atoms with Crippen LogP contribution in [0.1, 0.15) is 142 Å². The molecule has 0 N–H and O–H groups in total. The van der Waals surface area contributed by atoms with E-state index in [4.69, 9.17) is 9.47 Å². The molecule has 0 fully saturated rings. The molecule has 2 rings (SSSR count). The van der Waals surface area contributed by atoms with Gasteiger partial charge in [0.1, 0.15) is 12.1 Å². The summed E-state index contributed by atoms with van der Waals surface area (Å²) in [6.45, 7) is 30.7. The van der Waals surface area contributed by atoms with Crippen LogP contribution in [0.15, 0.2) is 63.9 Å². The number of hydrogen-bond donors (Lipinski definition) is 0. The van der Waals surface area contributed by atoms with Gasteiger partial charge in [-0.05, 0) is 91.4 Å². The summed E-state index contributed by atoms with van der Waals surface area (Å²) in [5.74, 6) is -0.118. The van der Waals surface area contributed by atoms with Crippen molar-refractivity contribution in [2.75, 3.05) is 13.2 Å². The molecule has 0 bridgehead atoms. The third kappa shape index (κ3) is 19.8. The number of unbranched alkanes of at least 4 members (excludes halogenated alkanes) is 3. The minimum Gasteiger partial charge on any atom is -0.464 e. The smallest absolute Gasteiger partial charge is 0.329 e. The first-order valence-electron chi connectivity index (χ1n) is 21.2. The minimum absolute atomic E-state index is 0.168. The molecule has 318 valence electrons. The van der Waals surface area contributed by atoms with Gasteiger partial charge in [0.25, 0.3) is 11.1 Å². The van der Waals surface area contributed by atoms with Gasteiger partial charge in [0.2, 0.25) is 0 Å². The molecule has 0 radical (unpaired) electrons. The van der Waals surface area contributed by atoms with Crippen LogP contribution < -0.4 is 11.1 Å². The van der Waals surface area contributed by atoms with Gasteiger partial charge in [-0.25, -0.2) is 9.59 Å². The molecule has 0 saturated heterocycles. The summed E-state index contributed by atoms with van der Waals surface area (Å²) >= 11 is 1.61. The third-order valence-corrected chi connectivity index (χ3v) is 26.2. The third-order valence-electron chi connectivity index (χ3n) is 9.92. The molecule has 0 amide bonds. The Bertz CT molecular complexity index is 1560. The Morgan fingerprint density at radius 3 is 1.48 bits per heavy atom. The number of carbonyl (C=O) groups is 2. The molecule has 2 heterocycles. The largest absolute Gasteiger partial charge is 0.464 e. The first-order valence-corrected chi connectivity index (χ1v) is 30.0. The summed E-state index contributed by atoms with van der Waals surface area (Å²) < 4.78 is 20.3. The Labute approximate surface area is 352 Å². The molecule has 0 aliphatic rings. The molecule has 0 aliphatic carbocycles. The zero-order chi connectivity index (χ0) is 42.8. The van der Waals surface area contributed by atoms with Gasteiger partial charge in [-0.2, -0.15) is 0 Å². The molecule has 2 aromatic heterocycles. The fraction of sp³-hybridized carbons (Fsp3) is 0.652. The van der Waals surface area contributed by atoms with Crippen LogP contribution in [-0.2, 0) is 25.5 Å². The first kappa shape index (κ1) is 53.6. The summed E-state index contributed by atoms with van der Waals surface area (Å²) in [5.41, 5.74) is 2.43. The van der Waals surface area contributed by atoms with Crippen molar-refractivity contribution in [3.63, 3.8) is 0 Å². The fourth-order valence-electron chi connectivity index (χ4n) is 6.82. The Hall–Kier alpha value is -2.40. The van der Waals surface area contributed by atoms with E-state index in [2.05, 4.69) is 55.9 Å². The van der Waals surface area contributed by atoms with Gasteiger partial charge in [-0.15, -0.1) is 6.58 Å². The first-order chi connectivity index (χ1) is 26.5. The van der Waals surface area contributed by atoms with Crippen molar-refractivity contribution in [2.45, 2.75) is 164 Å².